The number of phenolic OH excluding ortho intramolecular Hbond substituents is 1. The molecule has 0 fully saturated rings. The minimum absolute atomic E-state index is 0.331. The van der Waals surface area contributed by atoms with E-state index in [1.807, 2.05) is 6.07 Å². The Morgan fingerprint density at radius 3 is 3.00 bits per heavy atom. The fourth-order valence-electron chi connectivity index (χ4n) is 2.20. The van der Waals surface area contributed by atoms with E-state index in [0.717, 1.165) is 24.2 Å². The summed E-state index contributed by atoms with van der Waals surface area (Å²) in [5.74, 6) is 1.51. The number of phenols is 1. The van der Waals surface area contributed by atoms with Crippen LogP contribution < -0.4 is 4.74 Å². The van der Waals surface area contributed by atoms with E-state index >= 15 is 0 Å². The Labute approximate surface area is 96.6 Å². The molecular formula is C14H18O2. The van der Waals surface area contributed by atoms with Gasteiger partial charge in [-0.05, 0) is 37.5 Å². The van der Waals surface area contributed by atoms with E-state index in [4.69, 9.17) is 4.74 Å². The first-order chi connectivity index (χ1) is 7.81. The number of methoxy groups -OCH3 is 1. The summed E-state index contributed by atoms with van der Waals surface area (Å²) in [6, 6.07) is 5.45. The van der Waals surface area contributed by atoms with Gasteiger partial charge in [0.05, 0.1) is 7.11 Å². The predicted molar refractivity (Wildman–Crippen MR) is 65.0 cm³/mol. The summed E-state index contributed by atoms with van der Waals surface area (Å²) < 4.78 is 5.20. The fraction of sp³-hybridized carbons (Fsp3) is 0.429. The van der Waals surface area contributed by atoms with Crippen molar-refractivity contribution in [3.63, 3.8) is 0 Å². The first-order valence-corrected chi connectivity index (χ1v) is 5.85. The van der Waals surface area contributed by atoms with Gasteiger partial charge in [0.15, 0.2) is 0 Å². The first kappa shape index (κ1) is 11.1. The highest BCUT2D eigenvalue weighted by Gasteiger charge is 2.14. The van der Waals surface area contributed by atoms with E-state index in [2.05, 4.69) is 12.2 Å². The average Bonchev–Trinajstić information content (AvgIpc) is 2.58. The molecule has 0 amide bonds. The fourth-order valence-corrected chi connectivity index (χ4v) is 2.20. The Bertz CT molecular complexity index is 382. The summed E-state index contributed by atoms with van der Waals surface area (Å²) in [6.45, 7) is 0. The van der Waals surface area contributed by atoms with Gasteiger partial charge in [-0.2, -0.15) is 0 Å². The summed E-state index contributed by atoms with van der Waals surface area (Å²) in [7, 11) is 1.65. The number of aromatic hydroxyl groups is 1. The van der Waals surface area contributed by atoms with Gasteiger partial charge >= 0.3 is 0 Å². The third kappa shape index (κ3) is 2.38. The van der Waals surface area contributed by atoms with Crippen molar-refractivity contribution in [3.05, 3.63) is 35.9 Å². The van der Waals surface area contributed by atoms with Gasteiger partial charge in [-0.3, -0.25) is 0 Å². The molecule has 2 nitrogen and oxygen atoms in total. The van der Waals surface area contributed by atoms with Crippen molar-refractivity contribution >= 4 is 0 Å². The molecule has 0 unspecified atom stereocenters. The van der Waals surface area contributed by atoms with Crippen LogP contribution in [-0.4, -0.2) is 12.2 Å². The minimum atomic E-state index is 0.331. The van der Waals surface area contributed by atoms with Crippen LogP contribution in [-0.2, 0) is 0 Å². The van der Waals surface area contributed by atoms with Crippen LogP contribution in [0.1, 0.15) is 37.2 Å². The maximum absolute atomic E-state index is 9.89. The van der Waals surface area contributed by atoms with Crippen molar-refractivity contribution in [1.82, 2.24) is 0 Å². The molecule has 1 atom stereocenters. The highest BCUT2D eigenvalue weighted by molar-refractivity contribution is 5.43. The maximum Gasteiger partial charge on any atom is 0.119 e. The van der Waals surface area contributed by atoms with E-state index in [-0.39, 0.29) is 0 Å². The number of benzene rings is 1. The van der Waals surface area contributed by atoms with Gasteiger partial charge in [0.25, 0.3) is 0 Å². The third-order valence-electron chi connectivity index (χ3n) is 3.14. The van der Waals surface area contributed by atoms with Crippen LogP contribution in [0.3, 0.4) is 0 Å². The second kappa shape index (κ2) is 5.06. The number of allylic oxidation sites excluding steroid dienone is 2. The molecule has 0 aromatic heterocycles. The Morgan fingerprint density at radius 1 is 1.31 bits per heavy atom. The summed E-state index contributed by atoms with van der Waals surface area (Å²) in [5.41, 5.74) is 0.984. The van der Waals surface area contributed by atoms with Gasteiger partial charge < -0.3 is 9.84 Å². The van der Waals surface area contributed by atoms with Crippen LogP contribution in [0.15, 0.2) is 30.4 Å². The van der Waals surface area contributed by atoms with Gasteiger partial charge in [0, 0.05) is 11.5 Å². The summed E-state index contributed by atoms with van der Waals surface area (Å²) in [4.78, 5) is 0. The van der Waals surface area contributed by atoms with Crippen LogP contribution in [0.2, 0.25) is 0 Å². The SMILES string of the molecule is COc1ccc(O)c([C@H]2C=CCCCC2)c1. The zero-order chi connectivity index (χ0) is 11.4. The predicted octanol–water partition coefficient (Wildman–Crippen LogP) is 3.61. The molecule has 16 heavy (non-hydrogen) atoms. The van der Waals surface area contributed by atoms with Gasteiger partial charge in [-0.1, -0.05) is 18.6 Å². The summed E-state index contributed by atoms with van der Waals surface area (Å²) in [6.07, 6.45) is 9.16. The molecule has 0 spiro atoms. The molecule has 1 N–H and O–H groups in total. The highest BCUT2D eigenvalue weighted by Crippen LogP contribution is 2.35. The molecule has 0 aliphatic heterocycles. The molecule has 86 valence electrons. The second-order valence-electron chi connectivity index (χ2n) is 4.24. The van der Waals surface area contributed by atoms with Crippen molar-refractivity contribution < 1.29 is 9.84 Å². The van der Waals surface area contributed by atoms with Crippen molar-refractivity contribution in [2.75, 3.05) is 7.11 Å². The van der Waals surface area contributed by atoms with Gasteiger partial charge in [-0.15, -0.1) is 0 Å². The first-order valence-electron chi connectivity index (χ1n) is 5.85. The van der Waals surface area contributed by atoms with E-state index < -0.39 is 0 Å². The molecule has 1 aliphatic rings. The van der Waals surface area contributed by atoms with Crippen molar-refractivity contribution in [2.24, 2.45) is 0 Å². The van der Waals surface area contributed by atoms with Crippen molar-refractivity contribution in [1.29, 1.82) is 0 Å². The molecular weight excluding hydrogens is 200 g/mol. The average molecular weight is 218 g/mol. The van der Waals surface area contributed by atoms with Gasteiger partial charge in [0.2, 0.25) is 0 Å². The molecule has 0 heterocycles. The lowest BCUT2D eigenvalue weighted by Gasteiger charge is -2.14. The van der Waals surface area contributed by atoms with Crippen molar-refractivity contribution in [3.8, 4) is 11.5 Å². The highest BCUT2D eigenvalue weighted by atomic mass is 16.5. The molecule has 1 aromatic carbocycles. The van der Waals surface area contributed by atoms with Crippen molar-refractivity contribution in [2.45, 2.75) is 31.6 Å². The number of hydrogen-bond donors (Lipinski definition) is 1. The normalized spacial score (nSPS) is 20.4. The number of rotatable bonds is 2. The zero-order valence-corrected chi connectivity index (χ0v) is 9.65. The lowest BCUT2D eigenvalue weighted by Crippen LogP contribution is -1.96. The van der Waals surface area contributed by atoms with Crippen LogP contribution in [0, 0.1) is 0 Å². The molecule has 2 heteroatoms. The molecule has 0 radical (unpaired) electrons. The van der Waals surface area contributed by atoms with Crippen LogP contribution in [0.25, 0.3) is 0 Å². The largest absolute Gasteiger partial charge is 0.508 e. The van der Waals surface area contributed by atoms with Crippen LogP contribution >= 0.6 is 0 Å². The maximum atomic E-state index is 9.89. The van der Waals surface area contributed by atoms with E-state index in [0.29, 0.717) is 11.7 Å². The lowest BCUT2D eigenvalue weighted by molar-refractivity contribution is 0.409. The topological polar surface area (TPSA) is 29.5 Å². The quantitative estimate of drug-likeness (QED) is 0.768. The third-order valence-corrected chi connectivity index (χ3v) is 3.14. The van der Waals surface area contributed by atoms with Gasteiger partial charge in [-0.25, -0.2) is 0 Å². The van der Waals surface area contributed by atoms with E-state index in [1.54, 1.807) is 19.2 Å². The Hall–Kier alpha value is -1.44. The van der Waals surface area contributed by atoms with E-state index in [1.165, 1.54) is 12.8 Å². The van der Waals surface area contributed by atoms with Gasteiger partial charge in [0.1, 0.15) is 11.5 Å². The van der Waals surface area contributed by atoms with E-state index in [9.17, 15) is 5.11 Å². The zero-order valence-electron chi connectivity index (χ0n) is 9.65. The van der Waals surface area contributed by atoms with Crippen LogP contribution in [0.5, 0.6) is 11.5 Å². The smallest absolute Gasteiger partial charge is 0.119 e. The summed E-state index contributed by atoms with van der Waals surface area (Å²) >= 11 is 0. The Kier molecular flexibility index (Phi) is 3.50. The van der Waals surface area contributed by atoms with Crippen LogP contribution in [0.4, 0.5) is 0 Å². The molecule has 1 aromatic rings. The Morgan fingerprint density at radius 2 is 2.19 bits per heavy atom. The number of hydrogen-bond acceptors (Lipinski definition) is 2. The molecule has 0 saturated heterocycles. The molecule has 0 saturated carbocycles. The molecule has 2 rings (SSSR count). The Balaban J connectivity index is 2.29. The number of ether oxygens (including phenoxy) is 1. The monoisotopic (exact) mass is 218 g/mol. The second-order valence-corrected chi connectivity index (χ2v) is 4.24. The lowest BCUT2D eigenvalue weighted by atomic mass is 9.93. The summed E-state index contributed by atoms with van der Waals surface area (Å²) in [5, 5.41) is 9.89. The standard InChI is InChI=1S/C14H18O2/c1-16-12-8-9-14(15)13(10-12)11-6-4-2-3-5-7-11/h4,6,8-11,15H,2-3,5,7H2,1H3/t11-/m0/s1. The molecule has 0 bridgehead atoms. The minimum Gasteiger partial charge on any atom is -0.508 e. The molecule has 1 aliphatic carbocycles.